The lowest BCUT2D eigenvalue weighted by molar-refractivity contribution is 0.0321. The zero-order valence-electron chi connectivity index (χ0n) is 10.7. The molecule has 1 rings (SSSR count). The van der Waals surface area contributed by atoms with Crippen LogP contribution >= 0.6 is 0 Å². The minimum atomic E-state index is -0.0487. The first-order chi connectivity index (χ1) is 7.50. The standard InChI is InChI=1S/C12H23N3O/c1-9(2)5-6-16-12(10(3)13)11-7-14-15(4)8-11/h7-10,12H,5-6,13H2,1-4H3. The highest BCUT2D eigenvalue weighted by atomic mass is 16.5. The summed E-state index contributed by atoms with van der Waals surface area (Å²) in [5.41, 5.74) is 6.99. The second-order valence-electron chi connectivity index (χ2n) is 4.78. The molecule has 1 heterocycles. The first-order valence-corrected chi connectivity index (χ1v) is 5.86. The maximum Gasteiger partial charge on any atom is 0.100 e. The van der Waals surface area contributed by atoms with E-state index in [-0.39, 0.29) is 12.1 Å². The van der Waals surface area contributed by atoms with Gasteiger partial charge in [-0.15, -0.1) is 0 Å². The van der Waals surface area contributed by atoms with Crippen molar-refractivity contribution in [2.45, 2.75) is 39.3 Å². The minimum Gasteiger partial charge on any atom is -0.372 e. The lowest BCUT2D eigenvalue weighted by atomic mass is 10.1. The smallest absolute Gasteiger partial charge is 0.100 e. The van der Waals surface area contributed by atoms with Crippen LogP contribution in [0.3, 0.4) is 0 Å². The van der Waals surface area contributed by atoms with E-state index in [0.29, 0.717) is 5.92 Å². The summed E-state index contributed by atoms with van der Waals surface area (Å²) in [6.45, 7) is 7.09. The second kappa shape index (κ2) is 6.01. The van der Waals surface area contributed by atoms with Gasteiger partial charge in [0.2, 0.25) is 0 Å². The van der Waals surface area contributed by atoms with Gasteiger partial charge in [-0.1, -0.05) is 13.8 Å². The van der Waals surface area contributed by atoms with Crippen LogP contribution in [0.5, 0.6) is 0 Å². The molecule has 16 heavy (non-hydrogen) atoms. The number of rotatable bonds is 6. The first kappa shape index (κ1) is 13.2. The Kier molecular flexibility index (Phi) is 4.96. The summed E-state index contributed by atoms with van der Waals surface area (Å²) in [7, 11) is 1.90. The molecule has 4 heteroatoms. The second-order valence-corrected chi connectivity index (χ2v) is 4.78. The van der Waals surface area contributed by atoms with Crippen molar-refractivity contribution in [2.24, 2.45) is 18.7 Å². The van der Waals surface area contributed by atoms with Crippen LogP contribution in [0.1, 0.15) is 38.9 Å². The predicted molar refractivity (Wildman–Crippen MR) is 65.0 cm³/mol. The average molecular weight is 225 g/mol. The predicted octanol–water partition coefficient (Wildman–Crippen LogP) is 1.87. The Morgan fingerprint density at radius 2 is 2.12 bits per heavy atom. The number of aryl methyl sites for hydroxylation is 1. The molecule has 1 aromatic heterocycles. The van der Waals surface area contributed by atoms with E-state index in [4.69, 9.17) is 10.5 Å². The van der Waals surface area contributed by atoms with E-state index < -0.39 is 0 Å². The Balaban J connectivity index is 2.55. The molecule has 0 radical (unpaired) electrons. The Morgan fingerprint density at radius 3 is 2.56 bits per heavy atom. The van der Waals surface area contributed by atoms with Gasteiger partial charge in [-0.05, 0) is 19.3 Å². The number of aromatic nitrogens is 2. The Labute approximate surface area is 97.8 Å². The van der Waals surface area contributed by atoms with Crippen LogP contribution in [0.2, 0.25) is 0 Å². The normalized spacial score (nSPS) is 15.4. The van der Waals surface area contributed by atoms with Crippen LogP contribution in [0, 0.1) is 5.92 Å². The Bertz CT molecular complexity index is 307. The molecule has 0 saturated carbocycles. The molecule has 0 spiro atoms. The highest BCUT2D eigenvalue weighted by molar-refractivity contribution is 5.10. The third kappa shape index (κ3) is 3.94. The first-order valence-electron chi connectivity index (χ1n) is 5.86. The van der Waals surface area contributed by atoms with Crippen molar-refractivity contribution in [3.8, 4) is 0 Å². The monoisotopic (exact) mass is 225 g/mol. The van der Waals surface area contributed by atoms with Crippen molar-refractivity contribution >= 4 is 0 Å². The van der Waals surface area contributed by atoms with Gasteiger partial charge >= 0.3 is 0 Å². The third-order valence-corrected chi connectivity index (χ3v) is 2.52. The lowest BCUT2D eigenvalue weighted by Gasteiger charge is -2.20. The van der Waals surface area contributed by atoms with Crippen molar-refractivity contribution in [3.05, 3.63) is 18.0 Å². The van der Waals surface area contributed by atoms with Crippen molar-refractivity contribution < 1.29 is 4.74 Å². The fourth-order valence-corrected chi connectivity index (χ4v) is 1.57. The van der Waals surface area contributed by atoms with Gasteiger partial charge in [0.05, 0.1) is 6.20 Å². The quantitative estimate of drug-likeness (QED) is 0.804. The molecular weight excluding hydrogens is 202 g/mol. The van der Waals surface area contributed by atoms with Crippen LogP contribution in [0.25, 0.3) is 0 Å². The van der Waals surface area contributed by atoms with Crippen LogP contribution in [0.15, 0.2) is 12.4 Å². The van der Waals surface area contributed by atoms with Crippen LogP contribution < -0.4 is 5.73 Å². The fourth-order valence-electron chi connectivity index (χ4n) is 1.57. The zero-order valence-corrected chi connectivity index (χ0v) is 10.7. The number of ether oxygens (including phenoxy) is 1. The largest absolute Gasteiger partial charge is 0.372 e. The Hall–Kier alpha value is -0.870. The van der Waals surface area contributed by atoms with Crippen LogP contribution in [-0.4, -0.2) is 22.4 Å². The lowest BCUT2D eigenvalue weighted by Crippen LogP contribution is -2.27. The van der Waals surface area contributed by atoms with E-state index in [0.717, 1.165) is 18.6 Å². The zero-order chi connectivity index (χ0) is 12.1. The molecule has 92 valence electrons. The van der Waals surface area contributed by atoms with E-state index >= 15 is 0 Å². The fraction of sp³-hybridized carbons (Fsp3) is 0.750. The van der Waals surface area contributed by atoms with Gasteiger partial charge in [0.1, 0.15) is 6.10 Å². The summed E-state index contributed by atoms with van der Waals surface area (Å²) in [5, 5.41) is 4.14. The van der Waals surface area contributed by atoms with Gasteiger partial charge in [0.25, 0.3) is 0 Å². The molecule has 0 aliphatic rings. The van der Waals surface area contributed by atoms with Crippen LogP contribution in [0.4, 0.5) is 0 Å². The average Bonchev–Trinajstić information content (AvgIpc) is 2.58. The molecule has 0 bridgehead atoms. The summed E-state index contributed by atoms with van der Waals surface area (Å²) in [4.78, 5) is 0. The molecule has 2 unspecified atom stereocenters. The molecule has 2 atom stereocenters. The minimum absolute atomic E-state index is 0.0173. The number of nitrogens with zero attached hydrogens (tertiary/aromatic N) is 2. The van der Waals surface area contributed by atoms with Gasteiger partial charge < -0.3 is 10.5 Å². The molecule has 4 nitrogen and oxygen atoms in total. The van der Waals surface area contributed by atoms with Gasteiger partial charge in [0.15, 0.2) is 0 Å². The van der Waals surface area contributed by atoms with E-state index in [9.17, 15) is 0 Å². The molecular formula is C12H23N3O. The molecule has 0 aromatic carbocycles. The molecule has 1 aromatic rings. The van der Waals surface area contributed by atoms with E-state index in [1.807, 2.05) is 26.4 Å². The molecule has 2 N–H and O–H groups in total. The third-order valence-electron chi connectivity index (χ3n) is 2.52. The van der Waals surface area contributed by atoms with Gasteiger partial charge in [-0.2, -0.15) is 5.10 Å². The number of nitrogens with two attached hydrogens (primary N) is 1. The van der Waals surface area contributed by atoms with Gasteiger partial charge in [0, 0.05) is 31.5 Å². The Morgan fingerprint density at radius 1 is 1.44 bits per heavy atom. The maximum absolute atomic E-state index is 5.93. The highest BCUT2D eigenvalue weighted by Gasteiger charge is 2.18. The topological polar surface area (TPSA) is 53.1 Å². The molecule has 0 fully saturated rings. The van der Waals surface area contributed by atoms with Crippen molar-refractivity contribution in [1.29, 1.82) is 0 Å². The molecule has 0 aliphatic carbocycles. The summed E-state index contributed by atoms with van der Waals surface area (Å²) in [6.07, 6.45) is 4.79. The van der Waals surface area contributed by atoms with E-state index in [1.54, 1.807) is 4.68 Å². The summed E-state index contributed by atoms with van der Waals surface area (Å²) in [5.74, 6) is 0.655. The van der Waals surface area contributed by atoms with Gasteiger partial charge in [-0.25, -0.2) is 0 Å². The molecule has 0 saturated heterocycles. The summed E-state index contributed by atoms with van der Waals surface area (Å²) >= 11 is 0. The van der Waals surface area contributed by atoms with Gasteiger partial charge in [-0.3, -0.25) is 4.68 Å². The van der Waals surface area contributed by atoms with Crippen LogP contribution in [-0.2, 0) is 11.8 Å². The van der Waals surface area contributed by atoms with E-state index in [1.165, 1.54) is 0 Å². The highest BCUT2D eigenvalue weighted by Crippen LogP contribution is 2.20. The number of hydrogen-bond donors (Lipinski definition) is 1. The molecule has 0 amide bonds. The van der Waals surface area contributed by atoms with Crippen molar-refractivity contribution in [2.75, 3.05) is 6.61 Å². The van der Waals surface area contributed by atoms with Crippen molar-refractivity contribution in [3.63, 3.8) is 0 Å². The summed E-state index contributed by atoms with van der Waals surface area (Å²) in [6, 6.07) is -0.0173. The van der Waals surface area contributed by atoms with E-state index in [2.05, 4.69) is 18.9 Å². The molecule has 0 aliphatic heterocycles. The summed E-state index contributed by atoms with van der Waals surface area (Å²) < 4.78 is 7.61. The SMILES string of the molecule is CC(C)CCOC(c1cnn(C)c1)C(C)N. The maximum atomic E-state index is 5.93. The van der Waals surface area contributed by atoms with Crippen molar-refractivity contribution in [1.82, 2.24) is 9.78 Å². The number of hydrogen-bond acceptors (Lipinski definition) is 3.